The highest BCUT2D eigenvalue weighted by atomic mass is 16.4. The molecule has 0 saturated carbocycles. The van der Waals surface area contributed by atoms with E-state index in [9.17, 15) is 9.59 Å². The lowest BCUT2D eigenvalue weighted by Crippen LogP contribution is -2.52. The van der Waals surface area contributed by atoms with Crippen LogP contribution in [0.25, 0.3) is 0 Å². The smallest absolute Gasteiger partial charge is 0.326 e. The Hall–Kier alpha value is -1.26. The third kappa shape index (κ3) is 5.89. The lowest BCUT2D eigenvalue weighted by Gasteiger charge is -2.30. The SMILES string of the molecule is CC(C)CCN(C)C(=O)N[C@H](C(=O)O)C(C)(C)C. The molecule has 0 heterocycles. The van der Waals surface area contributed by atoms with Gasteiger partial charge in [0.2, 0.25) is 0 Å². The van der Waals surface area contributed by atoms with Crippen LogP contribution in [-0.4, -0.2) is 41.6 Å². The van der Waals surface area contributed by atoms with E-state index >= 15 is 0 Å². The maximum Gasteiger partial charge on any atom is 0.326 e. The van der Waals surface area contributed by atoms with Gasteiger partial charge in [-0.25, -0.2) is 9.59 Å². The van der Waals surface area contributed by atoms with Gasteiger partial charge < -0.3 is 15.3 Å². The van der Waals surface area contributed by atoms with Crippen molar-refractivity contribution in [2.24, 2.45) is 11.3 Å². The summed E-state index contributed by atoms with van der Waals surface area (Å²) in [6, 6.07) is -1.22. The minimum Gasteiger partial charge on any atom is -0.480 e. The van der Waals surface area contributed by atoms with Gasteiger partial charge in [0.1, 0.15) is 6.04 Å². The molecule has 0 saturated heterocycles. The van der Waals surface area contributed by atoms with Crippen molar-refractivity contribution in [1.82, 2.24) is 10.2 Å². The molecule has 0 aliphatic rings. The number of amides is 2. The van der Waals surface area contributed by atoms with Crippen molar-refractivity contribution in [3.63, 3.8) is 0 Å². The predicted octanol–water partition coefficient (Wildman–Crippen LogP) is 2.17. The molecule has 0 fully saturated rings. The van der Waals surface area contributed by atoms with Crippen molar-refractivity contribution in [3.05, 3.63) is 0 Å². The largest absolute Gasteiger partial charge is 0.480 e. The Balaban J connectivity index is 4.47. The van der Waals surface area contributed by atoms with E-state index < -0.39 is 17.4 Å². The molecule has 0 aromatic heterocycles. The Bertz CT molecular complexity index is 295. The molecule has 0 aromatic carbocycles. The standard InChI is InChI=1S/C13H26N2O3/c1-9(2)7-8-15(6)12(18)14-10(11(16)17)13(3,4)5/h9-10H,7-8H2,1-6H3,(H,14,18)(H,16,17)/t10-/m1/s1. The molecule has 0 aliphatic heterocycles. The lowest BCUT2D eigenvalue weighted by atomic mass is 9.87. The van der Waals surface area contributed by atoms with Gasteiger partial charge >= 0.3 is 12.0 Å². The maximum absolute atomic E-state index is 11.9. The van der Waals surface area contributed by atoms with Crippen LogP contribution in [0.2, 0.25) is 0 Å². The molecule has 0 spiro atoms. The van der Waals surface area contributed by atoms with Crippen LogP contribution >= 0.6 is 0 Å². The van der Waals surface area contributed by atoms with E-state index in [1.54, 1.807) is 27.8 Å². The minimum atomic E-state index is -1.01. The van der Waals surface area contributed by atoms with Crippen molar-refractivity contribution in [1.29, 1.82) is 0 Å². The van der Waals surface area contributed by atoms with Gasteiger partial charge in [-0.1, -0.05) is 34.6 Å². The Kier molecular flexibility index (Phi) is 6.15. The highest BCUT2D eigenvalue weighted by Crippen LogP contribution is 2.19. The lowest BCUT2D eigenvalue weighted by molar-refractivity contribution is -0.142. The summed E-state index contributed by atoms with van der Waals surface area (Å²) in [6.45, 7) is 10.2. The first-order chi connectivity index (χ1) is 8.05. The number of nitrogens with zero attached hydrogens (tertiary/aromatic N) is 1. The van der Waals surface area contributed by atoms with Crippen molar-refractivity contribution < 1.29 is 14.7 Å². The predicted molar refractivity (Wildman–Crippen MR) is 71.5 cm³/mol. The van der Waals surface area contributed by atoms with Crippen LogP contribution in [0.3, 0.4) is 0 Å². The molecule has 2 N–H and O–H groups in total. The number of hydrogen-bond donors (Lipinski definition) is 2. The second-order valence-corrected chi connectivity index (χ2v) is 6.19. The van der Waals surface area contributed by atoms with Gasteiger partial charge in [-0.15, -0.1) is 0 Å². The molecular weight excluding hydrogens is 232 g/mol. The maximum atomic E-state index is 11.9. The molecule has 0 radical (unpaired) electrons. The minimum absolute atomic E-state index is 0.335. The Labute approximate surface area is 110 Å². The molecule has 2 amide bonds. The molecule has 5 nitrogen and oxygen atoms in total. The summed E-state index contributed by atoms with van der Waals surface area (Å²) in [4.78, 5) is 24.5. The molecule has 18 heavy (non-hydrogen) atoms. The second-order valence-electron chi connectivity index (χ2n) is 6.19. The molecule has 0 rings (SSSR count). The fraction of sp³-hybridized carbons (Fsp3) is 0.846. The number of aliphatic carboxylic acids is 1. The number of nitrogens with one attached hydrogen (secondary N) is 1. The molecule has 0 bridgehead atoms. The summed E-state index contributed by atoms with van der Waals surface area (Å²) >= 11 is 0. The van der Waals surface area contributed by atoms with Gasteiger partial charge in [-0.05, 0) is 17.8 Å². The molecule has 0 aromatic rings. The zero-order chi connectivity index (χ0) is 14.5. The van der Waals surface area contributed by atoms with Crippen molar-refractivity contribution in [2.75, 3.05) is 13.6 Å². The first-order valence-electron chi connectivity index (χ1n) is 6.30. The molecular formula is C13H26N2O3. The summed E-state index contributed by atoms with van der Waals surface area (Å²) in [5.74, 6) is -0.494. The Morgan fingerprint density at radius 3 is 2.11 bits per heavy atom. The van der Waals surface area contributed by atoms with E-state index in [2.05, 4.69) is 19.2 Å². The van der Waals surface area contributed by atoms with Gasteiger partial charge in [-0.2, -0.15) is 0 Å². The summed E-state index contributed by atoms with van der Waals surface area (Å²) < 4.78 is 0. The third-order valence-corrected chi connectivity index (χ3v) is 2.77. The van der Waals surface area contributed by atoms with Crippen LogP contribution in [-0.2, 0) is 4.79 Å². The first-order valence-corrected chi connectivity index (χ1v) is 6.30. The highest BCUT2D eigenvalue weighted by molar-refractivity contribution is 5.83. The van der Waals surface area contributed by atoms with E-state index in [0.717, 1.165) is 6.42 Å². The summed E-state index contributed by atoms with van der Waals surface area (Å²) in [5, 5.41) is 11.7. The van der Waals surface area contributed by atoms with Crippen LogP contribution in [0.5, 0.6) is 0 Å². The third-order valence-electron chi connectivity index (χ3n) is 2.77. The van der Waals surface area contributed by atoms with Gasteiger partial charge in [0.15, 0.2) is 0 Å². The number of urea groups is 1. The number of carboxylic acids is 1. The average molecular weight is 258 g/mol. The van der Waals surface area contributed by atoms with E-state index in [1.165, 1.54) is 4.90 Å². The Morgan fingerprint density at radius 1 is 1.28 bits per heavy atom. The molecule has 1 atom stereocenters. The number of carbonyl (C=O) groups excluding carboxylic acids is 1. The fourth-order valence-corrected chi connectivity index (χ4v) is 1.44. The normalized spacial score (nSPS) is 13.3. The fourth-order valence-electron chi connectivity index (χ4n) is 1.44. The monoisotopic (exact) mass is 258 g/mol. The number of rotatable bonds is 5. The van der Waals surface area contributed by atoms with Gasteiger partial charge in [-0.3, -0.25) is 0 Å². The molecule has 0 unspecified atom stereocenters. The number of hydrogen-bond acceptors (Lipinski definition) is 2. The van der Waals surface area contributed by atoms with E-state index in [1.807, 2.05) is 0 Å². The highest BCUT2D eigenvalue weighted by Gasteiger charge is 2.33. The molecule has 0 aliphatic carbocycles. The molecule has 106 valence electrons. The van der Waals surface area contributed by atoms with Crippen molar-refractivity contribution in [3.8, 4) is 0 Å². The number of carbonyl (C=O) groups is 2. The van der Waals surface area contributed by atoms with Crippen LogP contribution in [0.4, 0.5) is 4.79 Å². The first kappa shape index (κ1) is 16.7. The molecule has 5 heteroatoms. The Morgan fingerprint density at radius 2 is 1.78 bits per heavy atom. The van der Waals surface area contributed by atoms with Crippen LogP contribution in [0.1, 0.15) is 41.0 Å². The van der Waals surface area contributed by atoms with E-state index in [-0.39, 0.29) is 6.03 Å². The topological polar surface area (TPSA) is 69.6 Å². The quantitative estimate of drug-likeness (QED) is 0.794. The van der Waals surface area contributed by atoms with Crippen LogP contribution < -0.4 is 5.32 Å². The van der Waals surface area contributed by atoms with E-state index in [4.69, 9.17) is 5.11 Å². The van der Waals surface area contributed by atoms with E-state index in [0.29, 0.717) is 12.5 Å². The van der Waals surface area contributed by atoms with Crippen LogP contribution in [0.15, 0.2) is 0 Å². The second kappa shape index (κ2) is 6.61. The van der Waals surface area contributed by atoms with Crippen LogP contribution in [0, 0.1) is 11.3 Å². The summed E-state index contributed by atoms with van der Waals surface area (Å²) in [5.41, 5.74) is -0.514. The van der Waals surface area contributed by atoms with Crippen molar-refractivity contribution >= 4 is 12.0 Å². The van der Waals surface area contributed by atoms with Crippen molar-refractivity contribution in [2.45, 2.75) is 47.1 Å². The average Bonchev–Trinajstić information content (AvgIpc) is 2.19. The summed E-state index contributed by atoms with van der Waals surface area (Å²) in [7, 11) is 1.68. The van der Waals surface area contributed by atoms with Gasteiger partial charge in [0.05, 0.1) is 0 Å². The zero-order valence-electron chi connectivity index (χ0n) is 12.3. The van der Waals surface area contributed by atoms with Gasteiger partial charge in [0.25, 0.3) is 0 Å². The van der Waals surface area contributed by atoms with Gasteiger partial charge in [0, 0.05) is 13.6 Å². The number of carboxylic acid groups (broad SMARTS) is 1. The summed E-state index contributed by atoms with van der Waals surface area (Å²) in [6.07, 6.45) is 0.900. The zero-order valence-corrected chi connectivity index (χ0v) is 12.3.